The third-order valence-electron chi connectivity index (χ3n) is 5.37. The Morgan fingerprint density at radius 1 is 1.09 bits per heavy atom. The van der Waals surface area contributed by atoms with Gasteiger partial charge in [0.25, 0.3) is 0 Å². The zero-order valence-electron chi connectivity index (χ0n) is 18.0. The molecule has 166 valence electrons. The van der Waals surface area contributed by atoms with Gasteiger partial charge in [0, 0.05) is 50.1 Å². The number of carbonyl (C=O) groups is 2. The number of carbonyl (C=O) groups excluding carboxylic acids is 2. The van der Waals surface area contributed by atoms with E-state index in [-0.39, 0.29) is 17.7 Å². The summed E-state index contributed by atoms with van der Waals surface area (Å²) in [4.78, 5) is 39.1. The summed E-state index contributed by atoms with van der Waals surface area (Å²) in [7, 11) is 1.54. The van der Waals surface area contributed by atoms with Gasteiger partial charge in [-0.3, -0.25) is 14.2 Å². The molecular formula is C22H25N7O3. The zero-order chi connectivity index (χ0) is 22.5. The Morgan fingerprint density at radius 3 is 2.56 bits per heavy atom. The number of methoxy groups -OCH3 is 1. The van der Waals surface area contributed by atoms with E-state index in [1.54, 1.807) is 37.8 Å². The lowest BCUT2D eigenvalue weighted by Gasteiger charge is -2.32. The first-order chi connectivity index (χ1) is 15.5. The highest BCUT2D eigenvalue weighted by atomic mass is 16.5. The molecular weight excluding hydrogens is 410 g/mol. The van der Waals surface area contributed by atoms with Crippen molar-refractivity contribution in [3.8, 4) is 11.6 Å². The summed E-state index contributed by atoms with van der Waals surface area (Å²) in [5.41, 5.74) is 1.13. The first kappa shape index (κ1) is 21.3. The van der Waals surface area contributed by atoms with Crippen LogP contribution < -0.4 is 20.3 Å². The molecule has 4 rings (SSSR count). The standard InChI is InChI=1S/C22H25N7O3/c1-15(30)26-17-3-4-19(32-2)18(11-17)27-22(31)16-5-8-28(9-6-16)20-12-21(25-13-24-20)29-10-7-23-14-29/h3-4,7,10-14,16H,5-6,8-9H2,1-2H3,(H,26,30)(H,27,31). The topological polar surface area (TPSA) is 114 Å². The molecule has 0 saturated carbocycles. The molecule has 1 aliphatic heterocycles. The Labute approximate surface area is 185 Å². The van der Waals surface area contributed by atoms with Crippen LogP contribution in [-0.2, 0) is 9.59 Å². The second-order valence-electron chi connectivity index (χ2n) is 7.55. The van der Waals surface area contributed by atoms with Gasteiger partial charge in [-0.25, -0.2) is 15.0 Å². The molecule has 0 atom stereocenters. The predicted octanol–water partition coefficient (Wildman–Crippen LogP) is 2.48. The van der Waals surface area contributed by atoms with Crippen LogP contribution in [0.4, 0.5) is 17.2 Å². The van der Waals surface area contributed by atoms with E-state index in [0.29, 0.717) is 43.1 Å². The van der Waals surface area contributed by atoms with Crippen molar-refractivity contribution in [2.75, 3.05) is 35.7 Å². The molecule has 1 aromatic carbocycles. The smallest absolute Gasteiger partial charge is 0.227 e. The van der Waals surface area contributed by atoms with Gasteiger partial charge in [0.1, 0.15) is 30.0 Å². The first-order valence-corrected chi connectivity index (χ1v) is 10.4. The number of hydrogen-bond acceptors (Lipinski definition) is 7. The monoisotopic (exact) mass is 435 g/mol. The van der Waals surface area contributed by atoms with Crippen molar-refractivity contribution in [3.05, 3.63) is 49.3 Å². The SMILES string of the molecule is COc1ccc(NC(C)=O)cc1NC(=O)C1CCN(c2cc(-n3ccnc3)ncn2)CC1. The number of benzene rings is 1. The lowest BCUT2D eigenvalue weighted by Crippen LogP contribution is -2.38. The highest BCUT2D eigenvalue weighted by Gasteiger charge is 2.26. The molecule has 0 unspecified atom stereocenters. The van der Waals surface area contributed by atoms with Crippen LogP contribution in [0.1, 0.15) is 19.8 Å². The number of amides is 2. The number of piperidine rings is 1. The maximum absolute atomic E-state index is 12.9. The number of anilines is 3. The Hall–Kier alpha value is -3.95. The number of ether oxygens (including phenoxy) is 1. The van der Waals surface area contributed by atoms with Crippen LogP contribution in [0.5, 0.6) is 5.75 Å². The number of aromatic nitrogens is 4. The molecule has 32 heavy (non-hydrogen) atoms. The van der Waals surface area contributed by atoms with Gasteiger partial charge in [-0.2, -0.15) is 0 Å². The van der Waals surface area contributed by atoms with E-state index < -0.39 is 0 Å². The van der Waals surface area contributed by atoms with Gasteiger partial charge in [-0.05, 0) is 31.0 Å². The lowest BCUT2D eigenvalue weighted by molar-refractivity contribution is -0.120. The quantitative estimate of drug-likeness (QED) is 0.611. The van der Waals surface area contributed by atoms with Gasteiger partial charge < -0.3 is 20.3 Å². The van der Waals surface area contributed by atoms with E-state index >= 15 is 0 Å². The predicted molar refractivity (Wildman–Crippen MR) is 120 cm³/mol. The van der Waals surface area contributed by atoms with Gasteiger partial charge in [-0.1, -0.05) is 0 Å². The van der Waals surface area contributed by atoms with Gasteiger partial charge in [0.05, 0.1) is 12.8 Å². The van der Waals surface area contributed by atoms with Gasteiger partial charge in [0.15, 0.2) is 0 Å². The van der Waals surface area contributed by atoms with Crippen LogP contribution >= 0.6 is 0 Å². The molecule has 1 aliphatic rings. The number of rotatable bonds is 6. The minimum absolute atomic E-state index is 0.0651. The fraction of sp³-hybridized carbons (Fsp3) is 0.318. The molecule has 3 aromatic rings. The summed E-state index contributed by atoms with van der Waals surface area (Å²) in [5.74, 6) is 1.74. The van der Waals surface area contributed by atoms with Crippen molar-refractivity contribution < 1.29 is 14.3 Å². The maximum atomic E-state index is 12.9. The summed E-state index contributed by atoms with van der Waals surface area (Å²) >= 11 is 0. The number of nitrogens with one attached hydrogen (secondary N) is 2. The Kier molecular flexibility index (Phi) is 6.29. The van der Waals surface area contributed by atoms with Gasteiger partial charge in [-0.15, -0.1) is 0 Å². The van der Waals surface area contributed by atoms with Crippen LogP contribution in [0, 0.1) is 5.92 Å². The summed E-state index contributed by atoms with van der Waals surface area (Å²) in [6, 6.07) is 7.07. The van der Waals surface area contributed by atoms with Crippen molar-refractivity contribution in [2.24, 2.45) is 5.92 Å². The van der Waals surface area contributed by atoms with Gasteiger partial charge >= 0.3 is 0 Å². The average Bonchev–Trinajstić information content (AvgIpc) is 3.34. The molecule has 2 aromatic heterocycles. The number of hydrogen-bond donors (Lipinski definition) is 2. The number of imidazole rings is 1. The highest BCUT2D eigenvalue weighted by molar-refractivity contribution is 5.96. The van der Waals surface area contributed by atoms with Crippen LogP contribution in [0.2, 0.25) is 0 Å². The molecule has 3 heterocycles. The largest absolute Gasteiger partial charge is 0.495 e. The summed E-state index contributed by atoms with van der Waals surface area (Å²) < 4.78 is 7.18. The molecule has 1 saturated heterocycles. The molecule has 2 N–H and O–H groups in total. The Balaban J connectivity index is 1.39. The Morgan fingerprint density at radius 2 is 1.88 bits per heavy atom. The average molecular weight is 435 g/mol. The first-order valence-electron chi connectivity index (χ1n) is 10.4. The lowest BCUT2D eigenvalue weighted by atomic mass is 9.95. The minimum atomic E-state index is -0.180. The molecule has 1 fully saturated rings. The van der Waals surface area contributed by atoms with Crippen molar-refractivity contribution in [1.82, 2.24) is 19.5 Å². The van der Waals surface area contributed by atoms with E-state index in [0.717, 1.165) is 11.6 Å². The second kappa shape index (κ2) is 9.46. The van der Waals surface area contributed by atoms with Crippen molar-refractivity contribution in [3.63, 3.8) is 0 Å². The van der Waals surface area contributed by atoms with E-state index in [9.17, 15) is 9.59 Å². The zero-order valence-corrected chi connectivity index (χ0v) is 18.0. The van der Waals surface area contributed by atoms with E-state index in [2.05, 4.69) is 30.5 Å². The molecule has 0 radical (unpaired) electrons. The highest BCUT2D eigenvalue weighted by Crippen LogP contribution is 2.30. The van der Waals surface area contributed by atoms with Crippen LogP contribution in [0.3, 0.4) is 0 Å². The maximum Gasteiger partial charge on any atom is 0.227 e. The molecule has 10 heteroatoms. The van der Waals surface area contributed by atoms with E-state index in [1.807, 2.05) is 16.8 Å². The second-order valence-corrected chi connectivity index (χ2v) is 7.55. The minimum Gasteiger partial charge on any atom is -0.495 e. The van der Waals surface area contributed by atoms with E-state index in [4.69, 9.17) is 4.74 Å². The normalized spacial score (nSPS) is 14.1. The van der Waals surface area contributed by atoms with Crippen LogP contribution in [0.15, 0.2) is 49.3 Å². The number of nitrogens with zero attached hydrogens (tertiary/aromatic N) is 5. The molecule has 0 bridgehead atoms. The molecule has 0 aliphatic carbocycles. The third-order valence-corrected chi connectivity index (χ3v) is 5.37. The van der Waals surface area contributed by atoms with E-state index in [1.165, 1.54) is 13.3 Å². The third kappa shape index (κ3) is 4.85. The summed E-state index contributed by atoms with van der Waals surface area (Å²) in [6.45, 7) is 2.86. The van der Waals surface area contributed by atoms with Crippen molar-refractivity contribution in [2.45, 2.75) is 19.8 Å². The van der Waals surface area contributed by atoms with Crippen LogP contribution in [0.25, 0.3) is 5.82 Å². The Bertz CT molecular complexity index is 1090. The van der Waals surface area contributed by atoms with Crippen molar-refractivity contribution >= 4 is 29.0 Å². The fourth-order valence-corrected chi connectivity index (χ4v) is 3.74. The summed E-state index contributed by atoms with van der Waals surface area (Å²) in [6.07, 6.45) is 8.16. The molecule has 0 spiro atoms. The molecule has 2 amide bonds. The van der Waals surface area contributed by atoms with Gasteiger partial charge in [0.2, 0.25) is 11.8 Å². The van der Waals surface area contributed by atoms with Crippen LogP contribution in [-0.4, -0.2) is 51.5 Å². The molecule has 10 nitrogen and oxygen atoms in total. The fourth-order valence-electron chi connectivity index (χ4n) is 3.74. The summed E-state index contributed by atoms with van der Waals surface area (Å²) in [5, 5.41) is 5.68. The van der Waals surface area contributed by atoms with Crippen molar-refractivity contribution in [1.29, 1.82) is 0 Å².